The van der Waals surface area contributed by atoms with Crippen LogP contribution in [0.15, 0.2) is 60.0 Å². The average molecular weight is 478 g/mol. The summed E-state index contributed by atoms with van der Waals surface area (Å²) in [6, 6.07) is 16.7. The van der Waals surface area contributed by atoms with Crippen molar-refractivity contribution in [3.63, 3.8) is 0 Å². The van der Waals surface area contributed by atoms with Crippen LogP contribution >= 0.6 is 11.3 Å². The number of nitrogens with zero attached hydrogens (tertiary/aromatic N) is 1. The van der Waals surface area contributed by atoms with Crippen molar-refractivity contribution in [3.05, 3.63) is 76.0 Å². The first-order valence-electron chi connectivity index (χ1n) is 11.1. The third-order valence-corrected chi connectivity index (χ3v) is 6.41. The molecule has 3 aromatic rings. The smallest absolute Gasteiger partial charge is 0.262 e. The monoisotopic (exact) mass is 477 g/mol. The molecular formula is C26H27N3O4S. The molecule has 2 heterocycles. The van der Waals surface area contributed by atoms with Crippen LogP contribution in [0.3, 0.4) is 0 Å². The van der Waals surface area contributed by atoms with Crippen LogP contribution in [-0.2, 0) is 20.9 Å². The number of amides is 3. The van der Waals surface area contributed by atoms with Crippen LogP contribution in [0.1, 0.15) is 22.4 Å². The van der Waals surface area contributed by atoms with Gasteiger partial charge in [-0.15, -0.1) is 11.3 Å². The number of thiophene rings is 1. The van der Waals surface area contributed by atoms with Gasteiger partial charge in [0, 0.05) is 29.2 Å². The van der Waals surface area contributed by atoms with Crippen molar-refractivity contribution in [3.8, 4) is 5.75 Å². The SMILES string of the molecule is Cc1cc(C)cc(NC(=O)COc2ccc(N3C[C@H](C(=O)NCc4cccs4)CC3=O)cc2)c1. The lowest BCUT2D eigenvalue weighted by atomic mass is 10.1. The first kappa shape index (κ1) is 23.5. The molecule has 2 aromatic carbocycles. The highest BCUT2D eigenvalue weighted by molar-refractivity contribution is 7.09. The lowest BCUT2D eigenvalue weighted by molar-refractivity contribution is -0.126. The fourth-order valence-corrected chi connectivity index (χ4v) is 4.62. The van der Waals surface area contributed by atoms with Gasteiger partial charge in [0.1, 0.15) is 5.75 Å². The summed E-state index contributed by atoms with van der Waals surface area (Å²) < 4.78 is 5.59. The molecular weight excluding hydrogens is 450 g/mol. The molecule has 0 spiro atoms. The zero-order valence-electron chi connectivity index (χ0n) is 19.2. The van der Waals surface area contributed by atoms with Crippen LogP contribution in [0.4, 0.5) is 11.4 Å². The second-order valence-electron chi connectivity index (χ2n) is 8.41. The molecule has 8 heteroatoms. The summed E-state index contributed by atoms with van der Waals surface area (Å²) in [7, 11) is 0. The van der Waals surface area contributed by atoms with Gasteiger partial charge in [-0.1, -0.05) is 12.1 Å². The van der Waals surface area contributed by atoms with Crippen molar-refractivity contribution in [2.75, 3.05) is 23.4 Å². The summed E-state index contributed by atoms with van der Waals surface area (Å²) in [5.41, 5.74) is 3.59. The normalized spacial score (nSPS) is 15.3. The summed E-state index contributed by atoms with van der Waals surface area (Å²) in [6.07, 6.45) is 0.188. The number of rotatable bonds is 8. The fraction of sp³-hybridized carbons (Fsp3) is 0.269. The van der Waals surface area contributed by atoms with E-state index in [2.05, 4.69) is 10.6 Å². The number of benzene rings is 2. The summed E-state index contributed by atoms with van der Waals surface area (Å²) in [6.45, 7) is 4.65. The number of aryl methyl sites for hydroxylation is 2. The van der Waals surface area contributed by atoms with Crippen molar-refractivity contribution in [1.82, 2.24) is 5.32 Å². The van der Waals surface area contributed by atoms with Crippen LogP contribution in [0.5, 0.6) is 5.75 Å². The Balaban J connectivity index is 1.27. The van der Waals surface area contributed by atoms with Gasteiger partial charge in [0.05, 0.1) is 12.5 Å². The highest BCUT2D eigenvalue weighted by Crippen LogP contribution is 2.27. The molecule has 4 rings (SSSR count). The minimum Gasteiger partial charge on any atom is -0.484 e. The number of ether oxygens (including phenoxy) is 1. The second kappa shape index (κ2) is 10.5. The van der Waals surface area contributed by atoms with Crippen molar-refractivity contribution in [1.29, 1.82) is 0 Å². The molecule has 2 N–H and O–H groups in total. The number of nitrogens with one attached hydrogen (secondary N) is 2. The van der Waals surface area contributed by atoms with Crippen LogP contribution < -0.4 is 20.3 Å². The average Bonchev–Trinajstić information content (AvgIpc) is 3.45. The Bertz CT molecular complexity index is 1160. The molecule has 1 atom stereocenters. The van der Waals surface area contributed by atoms with E-state index in [9.17, 15) is 14.4 Å². The molecule has 1 aliphatic rings. The van der Waals surface area contributed by atoms with Crippen molar-refractivity contribution < 1.29 is 19.1 Å². The minimum absolute atomic E-state index is 0.0854. The summed E-state index contributed by atoms with van der Waals surface area (Å²) in [4.78, 5) is 39.9. The fourth-order valence-electron chi connectivity index (χ4n) is 3.98. The van der Waals surface area contributed by atoms with Gasteiger partial charge in [-0.3, -0.25) is 14.4 Å². The van der Waals surface area contributed by atoms with Gasteiger partial charge in [0.25, 0.3) is 5.91 Å². The van der Waals surface area contributed by atoms with Gasteiger partial charge < -0.3 is 20.3 Å². The molecule has 0 aliphatic carbocycles. The Morgan fingerprint density at radius 3 is 2.50 bits per heavy atom. The predicted octanol–water partition coefficient (Wildman–Crippen LogP) is 4.05. The van der Waals surface area contributed by atoms with E-state index in [1.807, 2.05) is 49.6 Å². The van der Waals surface area contributed by atoms with Crippen LogP contribution in [0, 0.1) is 19.8 Å². The first-order valence-corrected chi connectivity index (χ1v) is 12.0. The molecule has 1 fully saturated rings. The summed E-state index contributed by atoms with van der Waals surface area (Å²) >= 11 is 1.58. The zero-order valence-corrected chi connectivity index (χ0v) is 20.0. The Kier molecular flexibility index (Phi) is 7.27. The quantitative estimate of drug-likeness (QED) is 0.512. The highest BCUT2D eigenvalue weighted by Gasteiger charge is 2.35. The van der Waals surface area contributed by atoms with E-state index in [4.69, 9.17) is 4.74 Å². The molecule has 34 heavy (non-hydrogen) atoms. The van der Waals surface area contributed by atoms with Crippen LogP contribution in [0.2, 0.25) is 0 Å². The maximum atomic E-state index is 12.5. The first-order chi connectivity index (χ1) is 16.4. The molecule has 1 saturated heterocycles. The van der Waals surface area contributed by atoms with Gasteiger partial charge >= 0.3 is 0 Å². The maximum absolute atomic E-state index is 12.5. The van der Waals surface area contributed by atoms with Gasteiger partial charge in [0.2, 0.25) is 11.8 Å². The number of anilines is 2. The highest BCUT2D eigenvalue weighted by atomic mass is 32.1. The van der Waals surface area contributed by atoms with Crippen LogP contribution in [-0.4, -0.2) is 30.9 Å². The van der Waals surface area contributed by atoms with Gasteiger partial charge in [-0.05, 0) is 72.8 Å². The predicted molar refractivity (Wildman–Crippen MR) is 133 cm³/mol. The molecule has 0 radical (unpaired) electrons. The molecule has 0 bridgehead atoms. The number of hydrogen-bond acceptors (Lipinski definition) is 5. The van der Waals surface area contributed by atoms with Crippen molar-refractivity contribution in [2.24, 2.45) is 5.92 Å². The zero-order chi connectivity index (χ0) is 24.1. The lowest BCUT2D eigenvalue weighted by Crippen LogP contribution is -2.32. The molecule has 176 valence electrons. The van der Waals surface area contributed by atoms with E-state index < -0.39 is 0 Å². The lowest BCUT2D eigenvalue weighted by Gasteiger charge is -2.17. The van der Waals surface area contributed by atoms with E-state index in [1.54, 1.807) is 40.5 Å². The molecule has 0 saturated carbocycles. The Labute approximate surface area is 202 Å². The second-order valence-corrected chi connectivity index (χ2v) is 9.44. The molecule has 7 nitrogen and oxygen atoms in total. The molecule has 1 aromatic heterocycles. The van der Waals surface area contributed by atoms with Gasteiger partial charge in [-0.2, -0.15) is 0 Å². The minimum atomic E-state index is -0.377. The third-order valence-electron chi connectivity index (χ3n) is 5.54. The third kappa shape index (κ3) is 6.02. The summed E-state index contributed by atoms with van der Waals surface area (Å²) in [5, 5.41) is 7.72. The van der Waals surface area contributed by atoms with E-state index >= 15 is 0 Å². The van der Waals surface area contributed by atoms with Crippen molar-refractivity contribution >= 4 is 40.4 Å². The van der Waals surface area contributed by atoms with Gasteiger partial charge in [-0.25, -0.2) is 0 Å². The number of carbonyl (C=O) groups excluding carboxylic acids is 3. The topological polar surface area (TPSA) is 87.7 Å². The van der Waals surface area contributed by atoms with Crippen molar-refractivity contribution in [2.45, 2.75) is 26.8 Å². The van der Waals surface area contributed by atoms with E-state index in [1.165, 1.54) is 0 Å². The Hall–Kier alpha value is -3.65. The largest absolute Gasteiger partial charge is 0.484 e. The number of carbonyl (C=O) groups is 3. The van der Waals surface area contributed by atoms with Crippen LogP contribution in [0.25, 0.3) is 0 Å². The Morgan fingerprint density at radius 1 is 1.09 bits per heavy atom. The van der Waals surface area contributed by atoms with Gasteiger partial charge in [0.15, 0.2) is 6.61 Å². The van der Waals surface area contributed by atoms with E-state index in [-0.39, 0.29) is 36.7 Å². The molecule has 3 amide bonds. The standard InChI is InChI=1S/C26H27N3O4S/c1-17-10-18(2)12-20(11-17)28-24(30)16-33-22-7-5-21(6-8-22)29-15-19(13-25(29)31)26(32)27-14-23-4-3-9-34-23/h3-12,19H,13-16H2,1-2H3,(H,27,32)(H,28,30)/t19-/m1/s1. The molecule has 1 aliphatic heterocycles. The molecule has 0 unspecified atom stereocenters. The Morgan fingerprint density at radius 2 is 1.82 bits per heavy atom. The van der Waals surface area contributed by atoms with E-state index in [0.717, 1.165) is 21.7 Å². The summed E-state index contributed by atoms with van der Waals surface area (Å²) in [5.74, 6) is -0.300. The number of hydrogen-bond donors (Lipinski definition) is 2. The van der Waals surface area contributed by atoms with E-state index in [0.29, 0.717) is 24.5 Å². The maximum Gasteiger partial charge on any atom is 0.262 e.